The molecule has 116 valence electrons. The molecule has 0 aliphatic carbocycles. The number of rotatable bonds is 5. The van der Waals surface area contributed by atoms with E-state index in [0.717, 1.165) is 12.1 Å². The van der Waals surface area contributed by atoms with Crippen LogP contribution in [0.15, 0.2) is 47.4 Å². The van der Waals surface area contributed by atoms with Crippen molar-refractivity contribution < 1.29 is 17.6 Å². The van der Waals surface area contributed by atoms with E-state index < -0.39 is 28.2 Å². The third-order valence-electron chi connectivity index (χ3n) is 2.79. The van der Waals surface area contributed by atoms with Crippen LogP contribution in [0, 0.1) is 5.82 Å². The van der Waals surface area contributed by atoms with Gasteiger partial charge in [-0.05, 0) is 42.5 Å². The lowest BCUT2D eigenvalue weighted by Crippen LogP contribution is -2.29. The van der Waals surface area contributed by atoms with E-state index in [2.05, 4.69) is 4.72 Å². The summed E-state index contributed by atoms with van der Waals surface area (Å²) in [5.41, 5.74) is 0.207. The average molecular weight is 362 g/mol. The summed E-state index contributed by atoms with van der Waals surface area (Å²) in [6, 6.07) is 8.63. The van der Waals surface area contributed by atoms with Crippen LogP contribution >= 0.6 is 23.2 Å². The van der Waals surface area contributed by atoms with Gasteiger partial charge >= 0.3 is 0 Å². The second kappa shape index (κ2) is 6.75. The lowest BCUT2D eigenvalue weighted by Gasteiger charge is -2.07. The molecule has 2 aromatic rings. The van der Waals surface area contributed by atoms with Gasteiger partial charge < -0.3 is 0 Å². The predicted octanol–water partition coefficient (Wildman–Crippen LogP) is 3.29. The Morgan fingerprint density at radius 3 is 2.27 bits per heavy atom. The molecule has 1 N–H and O–H groups in total. The van der Waals surface area contributed by atoms with Crippen LogP contribution < -0.4 is 4.72 Å². The number of Topliss-reactive ketones (excluding diaryl/α,β-unsaturated/α-hetero) is 1. The van der Waals surface area contributed by atoms with Crippen LogP contribution in [0.25, 0.3) is 0 Å². The number of ketones is 1. The van der Waals surface area contributed by atoms with E-state index in [1.54, 1.807) is 0 Å². The zero-order valence-electron chi connectivity index (χ0n) is 11.0. The van der Waals surface area contributed by atoms with Crippen molar-refractivity contribution in [2.24, 2.45) is 0 Å². The van der Waals surface area contributed by atoms with Crippen LogP contribution in [0.1, 0.15) is 10.4 Å². The molecule has 0 saturated carbocycles. The Bertz CT molecular complexity index is 807. The van der Waals surface area contributed by atoms with Crippen molar-refractivity contribution in [1.82, 2.24) is 4.72 Å². The first kappa shape index (κ1) is 16.9. The Hall–Kier alpha value is -1.47. The summed E-state index contributed by atoms with van der Waals surface area (Å²) >= 11 is 11.5. The fourth-order valence-corrected chi connectivity index (χ4v) is 3.00. The molecule has 8 heteroatoms. The van der Waals surface area contributed by atoms with E-state index >= 15 is 0 Å². The number of sulfonamides is 1. The Morgan fingerprint density at radius 2 is 1.68 bits per heavy atom. The van der Waals surface area contributed by atoms with Crippen LogP contribution in [0.5, 0.6) is 0 Å². The normalized spacial score (nSPS) is 11.4. The second-order valence-electron chi connectivity index (χ2n) is 4.33. The molecule has 0 radical (unpaired) electrons. The van der Waals surface area contributed by atoms with Crippen LogP contribution in [-0.4, -0.2) is 20.7 Å². The predicted molar refractivity (Wildman–Crippen MR) is 82.4 cm³/mol. The molecule has 22 heavy (non-hydrogen) atoms. The van der Waals surface area contributed by atoms with E-state index in [1.807, 2.05) is 0 Å². The van der Waals surface area contributed by atoms with Gasteiger partial charge in [0.25, 0.3) is 0 Å². The third kappa shape index (κ3) is 4.04. The molecule has 0 aliphatic heterocycles. The molecule has 0 heterocycles. The molecule has 2 aromatic carbocycles. The van der Waals surface area contributed by atoms with E-state index in [4.69, 9.17) is 23.2 Å². The molecule has 0 bridgehead atoms. The van der Waals surface area contributed by atoms with Gasteiger partial charge in [0.15, 0.2) is 5.78 Å². The summed E-state index contributed by atoms with van der Waals surface area (Å²) in [6.45, 7) is -0.450. The number of hydrogen-bond donors (Lipinski definition) is 1. The van der Waals surface area contributed by atoms with Crippen molar-refractivity contribution in [3.8, 4) is 0 Å². The first-order valence-corrected chi connectivity index (χ1v) is 8.27. The summed E-state index contributed by atoms with van der Waals surface area (Å²) in [6.07, 6.45) is 0. The van der Waals surface area contributed by atoms with Gasteiger partial charge in [-0.15, -0.1) is 0 Å². The Kier molecular flexibility index (Phi) is 5.18. The molecule has 0 atom stereocenters. The lowest BCUT2D eigenvalue weighted by molar-refractivity contribution is 0.0997. The number of halogens is 3. The molecule has 0 unspecified atom stereocenters. The first-order chi connectivity index (χ1) is 10.3. The van der Waals surface area contributed by atoms with Crippen molar-refractivity contribution in [3.05, 3.63) is 63.9 Å². The fourth-order valence-electron chi connectivity index (χ4n) is 1.63. The molecule has 2 rings (SSSR count). The van der Waals surface area contributed by atoms with Gasteiger partial charge in [-0.1, -0.05) is 23.2 Å². The maximum Gasteiger partial charge on any atom is 0.241 e. The zero-order valence-corrected chi connectivity index (χ0v) is 13.3. The summed E-state index contributed by atoms with van der Waals surface area (Å²) in [5, 5.41) is 0.317. The van der Waals surface area contributed by atoms with Gasteiger partial charge in [0, 0.05) is 5.56 Å². The quantitative estimate of drug-likeness (QED) is 0.831. The number of carbonyl (C=O) groups excluding carboxylic acids is 1. The molecule has 0 fully saturated rings. The van der Waals surface area contributed by atoms with Crippen molar-refractivity contribution >= 4 is 39.0 Å². The highest BCUT2D eigenvalue weighted by Gasteiger charge is 2.17. The molecule has 0 aromatic heterocycles. The summed E-state index contributed by atoms with van der Waals surface area (Å²) in [5.74, 6) is -0.962. The van der Waals surface area contributed by atoms with Gasteiger partial charge in [0.2, 0.25) is 10.0 Å². The maximum atomic E-state index is 12.8. The van der Waals surface area contributed by atoms with E-state index in [1.165, 1.54) is 30.3 Å². The topological polar surface area (TPSA) is 63.2 Å². The van der Waals surface area contributed by atoms with Crippen LogP contribution in [0.3, 0.4) is 0 Å². The number of benzene rings is 2. The van der Waals surface area contributed by atoms with Crippen molar-refractivity contribution in [3.63, 3.8) is 0 Å². The minimum atomic E-state index is -3.90. The largest absolute Gasteiger partial charge is 0.293 e. The Morgan fingerprint density at radius 1 is 1.05 bits per heavy atom. The summed E-state index contributed by atoms with van der Waals surface area (Å²) in [4.78, 5) is 11.8. The van der Waals surface area contributed by atoms with Crippen molar-refractivity contribution in [2.75, 3.05) is 6.54 Å². The second-order valence-corrected chi connectivity index (χ2v) is 6.91. The smallest absolute Gasteiger partial charge is 0.241 e. The molecule has 0 aliphatic rings. The lowest BCUT2D eigenvalue weighted by atomic mass is 10.1. The Labute approximate surface area is 136 Å². The van der Waals surface area contributed by atoms with Crippen LogP contribution in [0.4, 0.5) is 4.39 Å². The fraction of sp³-hybridized carbons (Fsp3) is 0.0714. The minimum absolute atomic E-state index is 0.0920. The zero-order chi connectivity index (χ0) is 16.3. The van der Waals surface area contributed by atoms with Gasteiger partial charge in [-0.3, -0.25) is 4.79 Å². The van der Waals surface area contributed by atoms with Crippen LogP contribution in [-0.2, 0) is 10.0 Å². The Balaban J connectivity index is 2.10. The molecular formula is C14H10Cl2FNO3S. The van der Waals surface area contributed by atoms with Gasteiger partial charge in [0.1, 0.15) is 5.82 Å². The summed E-state index contributed by atoms with van der Waals surface area (Å²) < 4.78 is 39.1. The van der Waals surface area contributed by atoms with E-state index in [0.29, 0.717) is 0 Å². The number of hydrogen-bond acceptors (Lipinski definition) is 3. The highest BCUT2D eigenvalue weighted by atomic mass is 35.5. The SMILES string of the molecule is O=C(CNS(=O)(=O)c1ccc(Cl)c(Cl)c1)c1ccc(F)cc1. The van der Waals surface area contributed by atoms with Crippen molar-refractivity contribution in [2.45, 2.75) is 4.90 Å². The molecule has 0 amide bonds. The van der Waals surface area contributed by atoms with Gasteiger partial charge in [-0.2, -0.15) is 0 Å². The average Bonchev–Trinajstić information content (AvgIpc) is 2.48. The minimum Gasteiger partial charge on any atom is -0.293 e. The first-order valence-electron chi connectivity index (χ1n) is 6.03. The maximum absolute atomic E-state index is 12.8. The van der Waals surface area contributed by atoms with Gasteiger partial charge in [-0.25, -0.2) is 17.5 Å². The molecule has 4 nitrogen and oxygen atoms in total. The highest BCUT2D eigenvalue weighted by molar-refractivity contribution is 7.89. The molecular weight excluding hydrogens is 352 g/mol. The number of nitrogens with one attached hydrogen (secondary N) is 1. The van der Waals surface area contributed by atoms with E-state index in [-0.39, 0.29) is 20.5 Å². The van der Waals surface area contributed by atoms with Crippen molar-refractivity contribution in [1.29, 1.82) is 0 Å². The van der Waals surface area contributed by atoms with Crippen LogP contribution in [0.2, 0.25) is 10.0 Å². The molecule has 0 saturated heterocycles. The third-order valence-corrected chi connectivity index (χ3v) is 4.93. The van der Waals surface area contributed by atoms with E-state index in [9.17, 15) is 17.6 Å². The number of carbonyl (C=O) groups is 1. The van der Waals surface area contributed by atoms with Gasteiger partial charge in [0.05, 0.1) is 21.5 Å². The highest BCUT2D eigenvalue weighted by Crippen LogP contribution is 2.24. The standard InChI is InChI=1S/C14H10Cl2FNO3S/c15-12-6-5-11(7-13(12)16)22(20,21)18-8-14(19)9-1-3-10(17)4-2-9/h1-7,18H,8H2. The monoisotopic (exact) mass is 361 g/mol. The molecule has 0 spiro atoms. The summed E-state index contributed by atoms with van der Waals surface area (Å²) in [7, 11) is -3.90.